The molecule has 18 heavy (non-hydrogen) atoms. The molecule has 4 nitrogen and oxygen atoms in total. The smallest absolute Gasteiger partial charge is 0.0522 e. The molecule has 1 aromatic carbocycles. The molecular weight excluding hydrogens is 224 g/mol. The summed E-state index contributed by atoms with van der Waals surface area (Å²) < 4.78 is 1.94. The summed E-state index contributed by atoms with van der Waals surface area (Å²) >= 11 is 0. The molecule has 0 saturated carbocycles. The largest absolute Gasteiger partial charge is 0.273 e. The lowest BCUT2D eigenvalue weighted by atomic mass is 10.0. The SMILES string of the molecule is CCn1cc(CC(Cc2ccccc2)NN)cn1. The van der Waals surface area contributed by atoms with Crippen LogP contribution in [0.5, 0.6) is 0 Å². The van der Waals surface area contributed by atoms with Crippen molar-refractivity contribution in [2.24, 2.45) is 5.84 Å². The van der Waals surface area contributed by atoms with Gasteiger partial charge in [0.25, 0.3) is 0 Å². The second-order valence-electron chi connectivity index (χ2n) is 4.46. The van der Waals surface area contributed by atoms with Gasteiger partial charge >= 0.3 is 0 Å². The van der Waals surface area contributed by atoms with Gasteiger partial charge in [-0.25, -0.2) is 0 Å². The highest BCUT2D eigenvalue weighted by molar-refractivity contribution is 5.17. The fourth-order valence-corrected chi connectivity index (χ4v) is 2.06. The minimum atomic E-state index is 0.238. The fourth-order valence-electron chi connectivity index (χ4n) is 2.06. The Labute approximate surface area is 108 Å². The molecule has 4 heteroatoms. The molecule has 0 amide bonds. The standard InChI is InChI=1S/C14H20N4/c1-2-18-11-13(10-16-18)9-14(17-15)8-12-6-4-3-5-7-12/h3-7,10-11,14,17H,2,8-9,15H2,1H3. The maximum absolute atomic E-state index is 5.63. The second-order valence-corrected chi connectivity index (χ2v) is 4.46. The first kappa shape index (κ1) is 12.8. The van der Waals surface area contributed by atoms with Gasteiger partial charge in [0, 0.05) is 18.8 Å². The van der Waals surface area contributed by atoms with Crippen LogP contribution < -0.4 is 11.3 Å². The molecule has 0 radical (unpaired) electrons. The molecule has 0 aliphatic rings. The van der Waals surface area contributed by atoms with Gasteiger partial charge in [0.15, 0.2) is 0 Å². The van der Waals surface area contributed by atoms with Crippen LogP contribution >= 0.6 is 0 Å². The van der Waals surface area contributed by atoms with E-state index in [4.69, 9.17) is 5.84 Å². The number of aryl methyl sites for hydroxylation is 1. The summed E-state index contributed by atoms with van der Waals surface area (Å²) in [6.07, 6.45) is 5.81. The van der Waals surface area contributed by atoms with Crippen LogP contribution in [-0.2, 0) is 19.4 Å². The van der Waals surface area contributed by atoms with E-state index < -0.39 is 0 Å². The number of aromatic nitrogens is 2. The minimum Gasteiger partial charge on any atom is -0.273 e. The lowest BCUT2D eigenvalue weighted by Gasteiger charge is -2.14. The predicted octanol–water partition coefficient (Wildman–Crippen LogP) is 1.52. The molecule has 0 saturated heterocycles. The van der Waals surface area contributed by atoms with Crippen molar-refractivity contribution in [3.05, 3.63) is 53.9 Å². The van der Waals surface area contributed by atoms with Crippen molar-refractivity contribution >= 4 is 0 Å². The van der Waals surface area contributed by atoms with Crippen molar-refractivity contribution in [1.29, 1.82) is 0 Å². The van der Waals surface area contributed by atoms with E-state index in [0.29, 0.717) is 0 Å². The van der Waals surface area contributed by atoms with Gasteiger partial charge in [-0.3, -0.25) is 16.0 Å². The highest BCUT2D eigenvalue weighted by Gasteiger charge is 2.10. The molecule has 1 unspecified atom stereocenters. The predicted molar refractivity (Wildman–Crippen MR) is 72.9 cm³/mol. The summed E-state index contributed by atoms with van der Waals surface area (Å²) in [4.78, 5) is 0. The van der Waals surface area contributed by atoms with Crippen LogP contribution in [0.2, 0.25) is 0 Å². The first-order valence-corrected chi connectivity index (χ1v) is 6.33. The molecule has 0 aliphatic carbocycles. The molecule has 2 rings (SSSR count). The van der Waals surface area contributed by atoms with E-state index in [1.807, 2.05) is 16.9 Å². The van der Waals surface area contributed by atoms with Gasteiger partial charge in [0.1, 0.15) is 0 Å². The Balaban J connectivity index is 1.97. The Morgan fingerprint density at radius 1 is 1.22 bits per heavy atom. The average Bonchev–Trinajstić information content (AvgIpc) is 2.87. The zero-order valence-corrected chi connectivity index (χ0v) is 10.7. The quantitative estimate of drug-likeness (QED) is 0.598. The molecule has 2 aromatic rings. The van der Waals surface area contributed by atoms with E-state index in [0.717, 1.165) is 19.4 Å². The summed E-state index contributed by atoms with van der Waals surface area (Å²) in [6.45, 7) is 2.98. The van der Waals surface area contributed by atoms with Gasteiger partial charge < -0.3 is 0 Å². The van der Waals surface area contributed by atoms with Gasteiger partial charge in [0.2, 0.25) is 0 Å². The van der Waals surface area contributed by atoms with Crippen LogP contribution in [-0.4, -0.2) is 15.8 Å². The van der Waals surface area contributed by atoms with Crippen LogP contribution in [0.15, 0.2) is 42.7 Å². The zero-order chi connectivity index (χ0) is 12.8. The van der Waals surface area contributed by atoms with Crippen molar-refractivity contribution in [1.82, 2.24) is 15.2 Å². The third-order valence-electron chi connectivity index (χ3n) is 3.05. The Morgan fingerprint density at radius 3 is 2.56 bits per heavy atom. The second kappa shape index (κ2) is 6.33. The molecule has 3 N–H and O–H groups in total. The highest BCUT2D eigenvalue weighted by Crippen LogP contribution is 2.08. The highest BCUT2D eigenvalue weighted by atomic mass is 15.3. The summed E-state index contributed by atoms with van der Waals surface area (Å²) in [5.41, 5.74) is 5.40. The lowest BCUT2D eigenvalue weighted by Crippen LogP contribution is -2.38. The number of nitrogens with two attached hydrogens (primary N) is 1. The van der Waals surface area contributed by atoms with E-state index in [1.54, 1.807) is 0 Å². The average molecular weight is 244 g/mol. The number of hydrogen-bond donors (Lipinski definition) is 2. The van der Waals surface area contributed by atoms with Gasteiger partial charge in [-0.15, -0.1) is 0 Å². The third-order valence-corrected chi connectivity index (χ3v) is 3.05. The molecule has 1 heterocycles. The van der Waals surface area contributed by atoms with Gasteiger partial charge in [-0.1, -0.05) is 30.3 Å². The first-order chi connectivity index (χ1) is 8.81. The van der Waals surface area contributed by atoms with Crippen molar-refractivity contribution in [2.75, 3.05) is 0 Å². The summed E-state index contributed by atoms with van der Waals surface area (Å²) in [6, 6.07) is 10.6. The molecule has 0 fully saturated rings. The zero-order valence-electron chi connectivity index (χ0n) is 10.7. The van der Waals surface area contributed by atoms with Crippen LogP contribution in [0.25, 0.3) is 0 Å². The minimum absolute atomic E-state index is 0.238. The van der Waals surface area contributed by atoms with Crippen LogP contribution in [0.1, 0.15) is 18.1 Å². The molecule has 0 bridgehead atoms. The van der Waals surface area contributed by atoms with Gasteiger partial charge in [-0.2, -0.15) is 5.10 Å². The maximum Gasteiger partial charge on any atom is 0.0522 e. The van der Waals surface area contributed by atoms with Crippen molar-refractivity contribution in [2.45, 2.75) is 32.4 Å². The first-order valence-electron chi connectivity index (χ1n) is 6.33. The van der Waals surface area contributed by atoms with E-state index in [2.05, 4.69) is 47.9 Å². The number of benzene rings is 1. The Hall–Kier alpha value is -1.65. The summed E-state index contributed by atoms with van der Waals surface area (Å²) in [7, 11) is 0. The number of hydrogen-bond acceptors (Lipinski definition) is 3. The number of nitrogens with one attached hydrogen (secondary N) is 1. The molecule has 0 spiro atoms. The Morgan fingerprint density at radius 2 is 1.94 bits per heavy atom. The topological polar surface area (TPSA) is 55.9 Å². The normalized spacial score (nSPS) is 12.6. The van der Waals surface area contributed by atoms with Crippen LogP contribution in [0, 0.1) is 0 Å². The molecule has 1 atom stereocenters. The lowest BCUT2D eigenvalue weighted by molar-refractivity contribution is 0.522. The number of nitrogens with zero attached hydrogens (tertiary/aromatic N) is 2. The van der Waals surface area contributed by atoms with Gasteiger partial charge in [-0.05, 0) is 30.9 Å². The summed E-state index contributed by atoms with van der Waals surface area (Å²) in [5, 5.41) is 4.28. The van der Waals surface area contributed by atoms with Crippen molar-refractivity contribution in [3.63, 3.8) is 0 Å². The number of hydrazine groups is 1. The van der Waals surface area contributed by atoms with E-state index >= 15 is 0 Å². The Bertz CT molecular complexity index is 464. The third kappa shape index (κ3) is 3.42. The molecule has 1 aromatic heterocycles. The monoisotopic (exact) mass is 244 g/mol. The Kier molecular flexibility index (Phi) is 4.50. The van der Waals surface area contributed by atoms with Crippen molar-refractivity contribution in [3.8, 4) is 0 Å². The van der Waals surface area contributed by atoms with E-state index in [1.165, 1.54) is 11.1 Å². The molecule has 0 aliphatic heterocycles. The van der Waals surface area contributed by atoms with Gasteiger partial charge in [0.05, 0.1) is 6.20 Å². The van der Waals surface area contributed by atoms with Crippen molar-refractivity contribution < 1.29 is 0 Å². The maximum atomic E-state index is 5.63. The molecular formula is C14H20N4. The summed E-state index contributed by atoms with van der Waals surface area (Å²) in [5.74, 6) is 5.63. The van der Waals surface area contributed by atoms with E-state index in [9.17, 15) is 0 Å². The van der Waals surface area contributed by atoms with Crippen LogP contribution in [0.4, 0.5) is 0 Å². The molecule has 96 valence electrons. The van der Waals surface area contributed by atoms with E-state index in [-0.39, 0.29) is 6.04 Å². The number of rotatable bonds is 6. The van der Waals surface area contributed by atoms with Crippen LogP contribution in [0.3, 0.4) is 0 Å². The fraction of sp³-hybridized carbons (Fsp3) is 0.357.